The third kappa shape index (κ3) is 3.87. The second-order valence-corrected chi connectivity index (χ2v) is 5.39. The van der Waals surface area contributed by atoms with Crippen LogP contribution in [0.5, 0.6) is 0 Å². The number of nitrogens with zero attached hydrogens (tertiary/aromatic N) is 1. The van der Waals surface area contributed by atoms with E-state index in [-0.39, 0.29) is 16.3 Å². The van der Waals surface area contributed by atoms with Gasteiger partial charge in [0.25, 0.3) is 0 Å². The van der Waals surface area contributed by atoms with Crippen LogP contribution < -0.4 is 5.73 Å². The SMILES string of the molecule is CC(C)CCSc1c(F)cc(C(N)=NO)cc1F. The first-order valence-electron chi connectivity index (χ1n) is 5.55. The summed E-state index contributed by atoms with van der Waals surface area (Å²) in [7, 11) is 0. The van der Waals surface area contributed by atoms with E-state index < -0.39 is 11.6 Å². The van der Waals surface area contributed by atoms with Gasteiger partial charge in [-0.2, -0.15) is 0 Å². The normalized spacial score (nSPS) is 12.2. The number of amidine groups is 1. The lowest BCUT2D eigenvalue weighted by Gasteiger charge is -2.08. The minimum atomic E-state index is -0.689. The summed E-state index contributed by atoms with van der Waals surface area (Å²) in [4.78, 5) is -0.0230. The van der Waals surface area contributed by atoms with Crippen molar-refractivity contribution in [3.63, 3.8) is 0 Å². The minimum Gasteiger partial charge on any atom is -0.409 e. The molecule has 0 spiro atoms. The van der Waals surface area contributed by atoms with Gasteiger partial charge >= 0.3 is 0 Å². The topological polar surface area (TPSA) is 58.6 Å². The maximum Gasteiger partial charge on any atom is 0.170 e. The van der Waals surface area contributed by atoms with E-state index in [1.54, 1.807) is 0 Å². The Morgan fingerprint density at radius 1 is 1.39 bits per heavy atom. The van der Waals surface area contributed by atoms with Gasteiger partial charge in [0.05, 0.1) is 4.90 Å². The van der Waals surface area contributed by atoms with Crippen LogP contribution in [0, 0.1) is 17.6 Å². The zero-order chi connectivity index (χ0) is 13.7. The van der Waals surface area contributed by atoms with E-state index in [4.69, 9.17) is 10.9 Å². The summed E-state index contributed by atoms with van der Waals surface area (Å²) in [5.41, 5.74) is 5.31. The molecule has 0 aliphatic heterocycles. The van der Waals surface area contributed by atoms with Gasteiger partial charge in [0.2, 0.25) is 0 Å². The Labute approximate surface area is 109 Å². The van der Waals surface area contributed by atoms with Gasteiger partial charge in [-0.1, -0.05) is 19.0 Å². The van der Waals surface area contributed by atoms with Crippen LogP contribution in [-0.4, -0.2) is 16.8 Å². The molecule has 3 nitrogen and oxygen atoms in total. The van der Waals surface area contributed by atoms with Gasteiger partial charge in [-0.15, -0.1) is 11.8 Å². The lowest BCUT2D eigenvalue weighted by molar-refractivity contribution is 0.318. The van der Waals surface area contributed by atoms with Gasteiger partial charge in [-0.25, -0.2) is 8.78 Å². The van der Waals surface area contributed by atoms with Crippen molar-refractivity contribution in [1.29, 1.82) is 0 Å². The molecule has 18 heavy (non-hydrogen) atoms. The van der Waals surface area contributed by atoms with E-state index in [2.05, 4.69) is 19.0 Å². The highest BCUT2D eigenvalue weighted by molar-refractivity contribution is 7.99. The number of halogens is 2. The highest BCUT2D eigenvalue weighted by Gasteiger charge is 2.13. The second-order valence-electron chi connectivity index (χ2n) is 4.29. The highest BCUT2D eigenvalue weighted by Crippen LogP contribution is 2.27. The first-order chi connectivity index (χ1) is 8.45. The second kappa shape index (κ2) is 6.58. The van der Waals surface area contributed by atoms with Crippen LogP contribution in [0.3, 0.4) is 0 Å². The summed E-state index contributed by atoms with van der Waals surface area (Å²) < 4.78 is 27.4. The first-order valence-corrected chi connectivity index (χ1v) is 6.54. The Morgan fingerprint density at radius 2 is 1.94 bits per heavy atom. The number of oxime groups is 1. The van der Waals surface area contributed by atoms with Crippen molar-refractivity contribution in [2.75, 3.05) is 5.75 Å². The number of hydrogen-bond acceptors (Lipinski definition) is 3. The molecule has 0 atom stereocenters. The zero-order valence-corrected chi connectivity index (χ0v) is 11.1. The molecule has 1 aromatic carbocycles. The highest BCUT2D eigenvalue weighted by atomic mass is 32.2. The van der Waals surface area contributed by atoms with Crippen LogP contribution >= 0.6 is 11.8 Å². The number of benzene rings is 1. The number of hydrogen-bond donors (Lipinski definition) is 2. The Hall–Kier alpha value is -1.30. The molecule has 0 saturated carbocycles. The Morgan fingerprint density at radius 3 is 2.39 bits per heavy atom. The molecule has 0 fully saturated rings. The van der Waals surface area contributed by atoms with Crippen molar-refractivity contribution in [2.24, 2.45) is 16.8 Å². The molecule has 0 aromatic heterocycles. The molecule has 1 aromatic rings. The molecule has 3 N–H and O–H groups in total. The lowest BCUT2D eigenvalue weighted by Crippen LogP contribution is -2.14. The molecule has 100 valence electrons. The predicted octanol–water partition coefficient (Wildman–Crippen LogP) is 3.20. The molecular weight excluding hydrogens is 258 g/mol. The Bertz CT molecular complexity index is 427. The van der Waals surface area contributed by atoms with Crippen LogP contribution in [0.1, 0.15) is 25.8 Å². The van der Waals surface area contributed by atoms with Crippen LogP contribution in [0.4, 0.5) is 8.78 Å². The maximum absolute atomic E-state index is 13.7. The number of rotatable bonds is 5. The molecule has 1 rings (SSSR count). The van der Waals surface area contributed by atoms with Crippen LogP contribution in [0.25, 0.3) is 0 Å². The summed E-state index contributed by atoms with van der Waals surface area (Å²) in [5, 5.41) is 11.2. The fraction of sp³-hybridized carbons (Fsp3) is 0.417. The van der Waals surface area contributed by atoms with Gasteiger partial charge < -0.3 is 10.9 Å². The van der Waals surface area contributed by atoms with Crippen molar-refractivity contribution in [2.45, 2.75) is 25.2 Å². The third-order valence-electron chi connectivity index (χ3n) is 2.34. The summed E-state index contributed by atoms with van der Waals surface area (Å²) in [6.07, 6.45) is 0.880. The first kappa shape index (κ1) is 14.8. The largest absolute Gasteiger partial charge is 0.409 e. The van der Waals surface area contributed by atoms with E-state index in [9.17, 15) is 8.78 Å². The van der Waals surface area contributed by atoms with Gasteiger partial charge in [0.15, 0.2) is 5.84 Å². The molecule has 0 aliphatic rings. The lowest BCUT2D eigenvalue weighted by atomic mass is 10.2. The van der Waals surface area contributed by atoms with E-state index in [0.717, 1.165) is 30.3 Å². The zero-order valence-electron chi connectivity index (χ0n) is 10.3. The van der Waals surface area contributed by atoms with Crippen molar-refractivity contribution in [3.05, 3.63) is 29.3 Å². The average molecular weight is 274 g/mol. The van der Waals surface area contributed by atoms with Crippen LogP contribution in [0.15, 0.2) is 22.2 Å². The summed E-state index contributed by atoms with van der Waals surface area (Å²) in [6.45, 7) is 4.10. The number of thioether (sulfide) groups is 1. The van der Waals surface area contributed by atoms with Crippen LogP contribution in [-0.2, 0) is 0 Å². The predicted molar refractivity (Wildman–Crippen MR) is 69.0 cm³/mol. The number of nitrogens with two attached hydrogens (primary N) is 1. The van der Waals surface area contributed by atoms with E-state index in [1.807, 2.05) is 0 Å². The third-order valence-corrected chi connectivity index (χ3v) is 3.46. The standard InChI is InChI=1S/C12H16F2N2OS/c1-7(2)3-4-18-11-9(13)5-8(6-10(11)14)12(15)16-17/h5-7,17H,3-4H2,1-2H3,(H2,15,16). The van der Waals surface area contributed by atoms with E-state index in [1.165, 1.54) is 0 Å². The van der Waals surface area contributed by atoms with Crippen molar-refractivity contribution >= 4 is 17.6 Å². The molecule has 0 amide bonds. The summed E-state index contributed by atoms with van der Waals surface area (Å²) in [6, 6.07) is 2.13. The molecule has 0 radical (unpaired) electrons. The molecule has 6 heteroatoms. The fourth-order valence-corrected chi connectivity index (χ4v) is 2.49. The van der Waals surface area contributed by atoms with Crippen molar-refractivity contribution in [1.82, 2.24) is 0 Å². The average Bonchev–Trinajstić information content (AvgIpc) is 2.31. The molecular formula is C12H16F2N2OS. The monoisotopic (exact) mass is 274 g/mol. The quantitative estimate of drug-likeness (QED) is 0.285. The Kier molecular flexibility index (Phi) is 5.40. The maximum atomic E-state index is 13.7. The van der Waals surface area contributed by atoms with E-state index in [0.29, 0.717) is 11.7 Å². The van der Waals surface area contributed by atoms with E-state index >= 15 is 0 Å². The van der Waals surface area contributed by atoms with Crippen molar-refractivity contribution < 1.29 is 14.0 Å². The summed E-state index contributed by atoms with van der Waals surface area (Å²) in [5.74, 6) is -0.559. The van der Waals surface area contributed by atoms with Crippen LogP contribution in [0.2, 0.25) is 0 Å². The minimum absolute atomic E-state index is 0.0230. The smallest absolute Gasteiger partial charge is 0.170 e. The van der Waals surface area contributed by atoms with Gasteiger partial charge in [-0.05, 0) is 30.2 Å². The molecule has 0 unspecified atom stereocenters. The van der Waals surface area contributed by atoms with Gasteiger partial charge in [0.1, 0.15) is 11.6 Å². The van der Waals surface area contributed by atoms with Gasteiger partial charge in [-0.3, -0.25) is 0 Å². The summed E-state index contributed by atoms with van der Waals surface area (Å²) >= 11 is 1.14. The molecule has 0 saturated heterocycles. The molecule has 0 aliphatic carbocycles. The van der Waals surface area contributed by atoms with Gasteiger partial charge in [0, 0.05) is 5.56 Å². The molecule has 0 bridgehead atoms. The Balaban J connectivity index is 2.88. The fourth-order valence-electron chi connectivity index (χ4n) is 1.30. The molecule has 0 heterocycles. The van der Waals surface area contributed by atoms with Crippen molar-refractivity contribution in [3.8, 4) is 0 Å².